The topological polar surface area (TPSA) is 123 Å². The van der Waals surface area contributed by atoms with Crippen molar-refractivity contribution in [2.75, 3.05) is 11.9 Å². The first-order valence-corrected chi connectivity index (χ1v) is 9.44. The second kappa shape index (κ2) is 8.83. The van der Waals surface area contributed by atoms with Gasteiger partial charge in [0.1, 0.15) is 10.8 Å². The molecule has 0 saturated heterocycles. The van der Waals surface area contributed by atoms with Gasteiger partial charge in [-0.3, -0.25) is 14.9 Å². The number of carbonyl (C=O) groups is 2. The van der Waals surface area contributed by atoms with Crippen LogP contribution in [0.15, 0.2) is 53.7 Å². The molecular weight excluding hydrogens is 412 g/mol. The van der Waals surface area contributed by atoms with Gasteiger partial charge < -0.3 is 20.7 Å². The lowest BCUT2D eigenvalue weighted by atomic mass is 9.94. The van der Waals surface area contributed by atoms with Gasteiger partial charge in [-0.2, -0.15) is 0 Å². The Morgan fingerprint density at radius 1 is 1.27 bits per heavy atom. The molecule has 0 spiro atoms. The standard InChI is InChI=1S/C20H19ClN4O5/c1-3-30-14-7-5-13(6-8-14)23-19(26)17-11(2)22-20(27)24-18(17)12-4-9-15(21)16(10-12)25(28)29/h4-10,18H,3H2,1-2H3,(H,23,26)(H2,22,24,27). The Kier molecular flexibility index (Phi) is 6.22. The Balaban J connectivity index is 1.92. The van der Waals surface area contributed by atoms with E-state index < -0.39 is 22.9 Å². The highest BCUT2D eigenvalue weighted by molar-refractivity contribution is 6.32. The van der Waals surface area contributed by atoms with Gasteiger partial charge in [-0.25, -0.2) is 4.79 Å². The molecule has 3 amide bonds. The number of nitrogens with zero attached hydrogens (tertiary/aromatic N) is 1. The van der Waals surface area contributed by atoms with Crippen LogP contribution in [0, 0.1) is 10.1 Å². The molecule has 1 heterocycles. The van der Waals surface area contributed by atoms with E-state index in [9.17, 15) is 19.7 Å². The number of ether oxygens (including phenoxy) is 1. The predicted octanol–water partition coefficient (Wildman–Crippen LogP) is 3.91. The monoisotopic (exact) mass is 430 g/mol. The summed E-state index contributed by atoms with van der Waals surface area (Å²) in [4.78, 5) is 35.6. The molecular formula is C20H19ClN4O5. The molecule has 3 rings (SSSR count). The van der Waals surface area contributed by atoms with E-state index in [1.54, 1.807) is 31.2 Å². The van der Waals surface area contributed by atoms with Crippen LogP contribution >= 0.6 is 11.6 Å². The van der Waals surface area contributed by atoms with Gasteiger partial charge in [-0.1, -0.05) is 17.7 Å². The van der Waals surface area contributed by atoms with Crippen LogP contribution in [0.1, 0.15) is 25.5 Å². The first-order chi connectivity index (χ1) is 14.3. The van der Waals surface area contributed by atoms with Crippen LogP contribution < -0.4 is 20.7 Å². The number of anilines is 1. The first kappa shape index (κ1) is 21.1. The zero-order chi connectivity index (χ0) is 21.8. The Morgan fingerprint density at radius 3 is 2.60 bits per heavy atom. The normalized spacial score (nSPS) is 15.8. The molecule has 156 valence electrons. The van der Waals surface area contributed by atoms with Crippen LogP contribution in [0.2, 0.25) is 5.02 Å². The minimum Gasteiger partial charge on any atom is -0.494 e. The number of amides is 3. The molecule has 1 atom stereocenters. The van der Waals surface area contributed by atoms with E-state index in [2.05, 4.69) is 16.0 Å². The summed E-state index contributed by atoms with van der Waals surface area (Å²) in [5.74, 6) is 0.204. The molecule has 1 aliphatic rings. The number of hydrogen-bond donors (Lipinski definition) is 3. The van der Waals surface area contributed by atoms with Gasteiger partial charge >= 0.3 is 6.03 Å². The van der Waals surface area contributed by atoms with Gasteiger partial charge in [0, 0.05) is 17.5 Å². The second-order valence-electron chi connectivity index (χ2n) is 6.45. The Morgan fingerprint density at radius 2 is 1.97 bits per heavy atom. The largest absolute Gasteiger partial charge is 0.494 e. The van der Waals surface area contributed by atoms with Crippen molar-refractivity contribution in [2.24, 2.45) is 0 Å². The minimum absolute atomic E-state index is 0.0369. The number of nitro benzene ring substituents is 1. The van der Waals surface area contributed by atoms with E-state index in [1.165, 1.54) is 18.2 Å². The summed E-state index contributed by atoms with van der Waals surface area (Å²) < 4.78 is 5.38. The van der Waals surface area contributed by atoms with Gasteiger partial charge in [0.05, 0.1) is 23.1 Å². The van der Waals surface area contributed by atoms with Crippen molar-refractivity contribution in [3.05, 3.63) is 74.4 Å². The predicted molar refractivity (Wildman–Crippen MR) is 111 cm³/mol. The van der Waals surface area contributed by atoms with Crippen LogP contribution in [0.5, 0.6) is 5.75 Å². The number of halogens is 1. The van der Waals surface area contributed by atoms with Crippen LogP contribution in [0.25, 0.3) is 0 Å². The molecule has 2 aromatic carbocycles. The van der Waals surface area contributed by atoms with Crippen molar-refractivity contribution in [2.45, 2.75) is 19.9 Å². The molecule has 3 N–H and O–H groups in total. The number of urea groups is 1. The molecule has 0 fully saturated rings. The van der Waals surface area contributed by atoms with Gasteiger partial charge in [-0.15, -0.1) is 0 Å². The summed E-state index contributed by atoms with van der Waals surface area (Å²) >= 11 is 5.89. The lowest BCUT2D eigenvalue weighted by molar-refractivity contribution is -0.384. The molecule has 30 heavy (non-hydrogen) atoms. The lowest BCUT2D eigenvalue weighted by Crippen LogP contribution is -2.46. The number of nitrogens with one attached hydrogen (secondary N) is 3. The van der Waals surface area contributed by atoms with Crippen molar-refractivity contribution < 1.29 is 19.2 Å². The summed E-state index contributed by atoms with van der Waals surface area (Å²) in [6.07, 6.45) is 0. The van der Waals surface area contributed by atoms with Crippen molar-refractivity contribution in [1.29, 1.82) is 0 Å². The number of hydrogen-bond acceptors (Lipinski definition) is 5. The smallest absolute Gasteiger partial charge is 0.319 e. The van der Waals surface area contributed by atoms with E-state index in [-0.39, 0.29) is 16.3 Å². The SMILES string of the molecule is CCOc1ccc(NC(=O)C2=C(C)NC(=O)NC2c2ccc(Cl)c([N+](=O)[O-])c2)cc1. The highest BCUT2D eigenvalue weighted by atomic mass is 35.5. The van der Waals surface area contributed by atoms with E-state index >= 15 is 0 Å². The van der Waals surface area contributed by atoms with E-state index in [0.29, 0.717) is 29.3 Å². The lowest BCUT2D eigenvalue weighted by Gasteiger charge is -2.28. The molecule has 0 bridgehead atoms. The number of nitro groups is 1. The molecule has 2 aromatic rings. The summed E-state index contributed by atoms with van der Waals surface area (Å²) in [6, 6.07) is 9.55. The van der Waals surface area contributed by atoms with E-state index in [1.807, 2.05) is 6.92 Å². The fourth-order valence-corrected chi connectivity index (χ4v) is 3.28. The van der Waals surface area contributed by atoms with Crippen LogP contribution in [0.4, 0.5) is 16.2 Å². The molecule has 9 nitrogen and oxygen atoms in total. The number of rotatable bonds is 6. The quantitative estimate of drug-likeness (QED) is 0.473. The van der Waals surface area contributed by atoms with E-state index in [4.69, 9.17) is 16.3 Å². The van der Waals surface area contributed by atoms with Crippen molar-refractivity contribution in [1.82, 2.24) is 10.6 Å². The minimum atomic E-state index is -0.891. The summed E-state index contributed by atoms with van der Waals surface area (Å²) in [7, 11) is 0. The van der Waals surface area contributed by atoms with Crippen molar-refractivity contribution >= 4 is 34.9 Å². The average molecular weight is 431 g/mol. The highest BCUT2D eigenvalue weighted by Crippen LogP contribution is 2.33. The molecule has 0 saturated carbocycles. The second-order valence-corrected chi connectivity index (χ2v) is 6.86. The first-order valence-electron chi connectivity index (χ1n) is 9.06. The van der Waals surface area contributed by atoms with Crippen molar-refractivity contribution in [3.8, 4) is 5.75 Å². The maximum absolute atomic E-state index is 13.0. The molecule has 1 unspecified atom stereocenters. The number of allylic oxidation sites excluding steroid dienone is 1. The number of carbonyl (C=O) groups excluding carboxylic acids is 2. The highest BCUT2D eigenvalue weighted by Gasteiger charge is 2.32. The van der Waals surface area contributed by atoms with Gasteiger partial charge in [0.15, 0.2) is 0 Å². The maximum atomic E-state index is 13.0. The third-order valence-corrected chi connectivity index (χ3v) is 4.76. The fraction of sp³-hybridized carbons (Fsp3) is 0.200. The Bertz CT molecular complexity index is 1040. The fourth-order valence-electron chi connectivity index (χ4n) is 3.09. The van der Waals surface area contributed by atoms with Crippen LogP contribution in [-0.4, -0.2) is 23.5 Å². The van der Waals surface area contributed by atoms with Crippen molar-refractivity contribution in [3.63, 3.8) is 0 Å². The third-order valence-electron chi connectivity index (χ3n) is 4.44. The Labute approximate surface area is 177 Å². The third kappa shape index (κ3) is 4.52. The molecule has 10 heteroatoms. The zero-order valence-corrected chi connectivity index (χ0v) is 16.9. The average Bonchev–Trinajstić information content (AvgIpc) is 2.69. The molecule has 0 aromatic heterocycles. The molecule has 0 aliphatic carbocycles. The van der Waals surface area contributed by atoms with E-state index in [0.717, 1.165) is 0 Å². The Hall–Kier alpha value is -3.59. The maximum Gasteiger partial charge on any atom is 0.319 e. The van der Waals surface area contributed by atoms with Gasteiger partial charge in [0.2, 0.25) is 0 Å². The summed E-state index contributed by atoms with van der Waals surface area (Å²) in [5, 5.41) is 19.2. The number of benzene rings is 2. The molecule has 1 aliphatic heterocycles. The zero-order valence-electron chi connectivity index (χ0n) is 16.2. The van der Waals surface area contributed by atoms with Gasteiger partial charge in [-0.05, 0) is 49.7 Å². The van der Waals surface area contributed by atoms with Gasteiger partial charge in [0.25, 0.3) is 11.6 Å². The summed E-state index contributed by atoms with van der Waals surface area (Å²) in [5.41, 5.74) is 1.13. The molecule has 0 radical (unpaired) electrons. The summed E-state index contributed by atoms with van der Waals surface area (Å²) in [6.45, 7) is 3.98. The van der Waals surface area contributed by atoms with Crippen LogP contribution in [-0.2, 0) is 4.79 Å². The van der Waals surface area contributed by atoms with Crippen LogP contribution in [0.3, 0.4) is 0 Å².